The summed E-state index contributed by atoms with van der Waals surface area (Å²) in [4.78, 5) is 6.51. The van der Waals surface area contributed by atoms with E-state index in [4.69, 9.17) is 0 Å². The minimum atomic E-state index is 0.501. The van der Waals surface area contributed by atoms with Gasteiger partial charge in [0, 0.05) is 64.7 Å². The molecule has 0 aliphatic carbocycles. The quantitative estimate of drug-likeness (QED) is 0.915. The highest BCUT2D eigenvalue weighted by Crippen LogP contribution is 2.22. The van der Waals surface area contributed by atoms with Gasteiger partial charge >= 0.3 is 0 Å². The second-order valence-electron chi connectivity index (χ2n) is 6.02. The van der Waals surface area contributed by atoms with Crippen LogP contribution in [-0.4, -0.2) is 39.5 Å². The molecule has 2 aromatic rings. The first-order chi connectivity index (χ1) is 10.1. The molecule has 0 bridgehead atoms. The SMILES string of the molecule is Cc1nn(C)c(N(C)C)c1CN[C@H]1CCc2nccn2C1. The van der Waals surface area contributed by atoms with Gasteiger partial charge in [-0.05, 0) is 13.3 Å². The monoisotopic (exact) mass is 288 g/mol. The van der Waals surface area contributed by atoms with Crippen molar-refractivity contribution >= 4 is 5.82 Å². The molecular weight excluding hydrogens is 264 g/mol. The Balaban J connectivity index is 1.69. The summed E-state index contributed by atoms with van der Waals surface area (Å²) in [5.41, 5.74) is 2.40. The Morgan fingerprint density at radius 2 is 2.24 bits per heavy atom. The average Bonchev–Trinajstić information content (AvgIpc) is 2.99. The maximum Gasteiger partial charge on any atom is 0.130 e. The molecule has 0 radical (unpaired) electrons. The van der Waals surface area contributed by atoms with E-state index in [1.54, 1.807) is 0 Å². The number of nitrogens with zero attached hydrogens (tertiary/aromatic N) is 5. The molecule has 21 heavy (non-hydrogen) atoms. The summed E-state index contributed by atoms with van der Waals surface area (Å²) in [6.45, 7) is 3.95. The van der Waals surface area contributed by atoms with E-state index in [2.05, 4.69) is 52.1 Å². The van der Waals surface area contributed by atoms with E-state index in [1.807, 2.05) is 17.9 Å². The molecule has 114 valence electrons. The number of rotatable bonds is 4. The summed E-state index contributed by atoms with van der Waals surface area (Å²) in [6.07, 6.45) is 6.17. The van der Waals surface area contributed by atoms with Gasteiger partial charge in [-0.25, -0.2) is 4.98 Å². The molecule has 0 unspecified atom stereocenters. The number of hydrogen-bond acceptors (Lipinski definition) is 4. The minimum Gasteiger partial charge on any atom is -0.363 e. The molecule has 0 amide bonds. The first-order valence-corrected chi connectivity index (χ1v) is 7.49. The van der Waals surface area contributed by atoms with Crippen LogP contribution in [0.2, 0.25) is 0 Å². The molecule has 2 aromatic heterocycles. The highest BCUT2D eigenvalue weighted by atomic mass is 15.4. The molecule has 1 aliphatic rings. The Hall–Kier alpha value is -1.82. The predicted octanol–water partition coefficient (Wildman–Crippen LogP) is 1.10. The number of anilines is 1. The van der Waals surface area contributed by atoms with E-state index in [-0.39, 0.29) is 0 Å². The molecule has 0 saturated heterocycles. The lowest BCUT2D eigenvalue weighted by Gasteiger charge is -2.25. The lowest BCUT2D eigenvalue weighted by Crippen LogP contribution is -2.37. The summed E-state index contributed by atoms with van der Waals surface area (Å²) in [5, 5.41) is 8.23. The van der Waals surface area contributed by atoms with Crippen LogP contribution in [0.5, 0.6) is 0 Å². The molecule has 3 heterocycles. The number of imidazole rings is 1. The smallest absolute Gasteiger partial charge is 0.130 e. The van der Waals surface area contributed by atoms with Gasteiger partial charge < -0.3 is 14.8 Å². The van der Waals surface area contributed by atoms with E-state index in [9.17, 15) is 0 Å². The van der Waals surface area contributed by atoms with Gasteiger partial charge in [0.2, 0.25) is 0 Å². The van der Waals surface area contributed by atoms with E-state index < -0.39 is 0 Å². The fraction of sp³-hybridized carbons (Fsp3) is 0.600. The molecule has 6 heteroatoms. The molecule has 0 fully saturated rings. The van der Waals surface area contributed by atoms with E-state index >= 15 is 0 Å². The normalized spacial score (nSPS) is 17.8. The topological polar surface area (TPSA) is 50.9 Å². The number of fused-ring (bicyclic) bond motifs is 1. The lowest BCUT2D eigenvalue weighted by atomic mass is 10.1. The molecular formula is C15H24N6. The second kappa shape index (κ2) is 5.52. The van der Waals surface area contributed by atoms with Crippen LogP contribution in [-0.2, 0) is 26.6 Å². The third kappa shape index (κ3) is 2.68. The van der Waals surface area contributed by atoms with Crippen LogP contribution in [0, 0.1) is 6.92 Å². The summed E-state index contributed by atoms with van der Waals surface area (Å²) in [5.74, 6) is 2.39. The van der Waals surface area contributed by atoms with Crippen LogP contribution >= 0.6 is 0 Å². The Bertz CT molecular complexity index is 624. The zero-order valence-corrected chi connectivity index (χ0v) is 13.3. The van der Waals surface area contributed by atoms with Gasteiger partial charge in [0.15, 0.2) is 0 Å². The van der Waals surface area contributed by atoms with Gasteiger partial charge in [-0.1, -0.05) is 0 Å². The van der Waals surface area contributed by atoms with E-state index in [1.165, 1.54) is 17.2 Å². The second-order valence-corrected chi connectivity index (χ2v) is 6.02. The van der Waals surface area contributed by atoms with Crippen molar-refractivity contribution < 1.29 is 0 Å². The zero-order valence-electron chi connectivity index (χ0n) is 13.3. The van der Waals surface area contributed by atoms with Gasteiger partial charge in [0.25, 0.3) is 0 Å². The fourth-order valence-electron chi connectivity index (χ4n) is 3.24. The highest BCUT2D eigenvalue weighted by molar-refractivity contribution is 5.48. The summed E-state index contributed by atoms with van der Waals surface area (Å²) in [7, 11) is 6.14. The van der Waals surface area contributed by atoms with Crippen molar-refractivity contribution in [3.8, 4) is 0 Å². The van der Waals surface area contributed by atoms with Crippen molar-refractivity contribution in [1.29, 1.82) is 0 Å². The average molecular weight is 288 g/mol. The number of nitrogens with one attached hydrogen (secondary N) is 1. The highest BCUT2D eigenvalue weighted by Gasteiger charge is 2.20. The van der Waals surface area contributed by atoms with E-state index in [0.717, 1.165) is 31.6 Å². The first kappa shape index (κ1) is 14.1. The Kier molecular flexibility index (Phi) is 3.71. The maximum absolute atomic E-state index is 4.54. The molecule has 0 spiro atoms. The van der Waals surface area contributed by atoms with Gasteiger partial charge in [-0.3, -0.25) is 4.68 Å². The van der Waals surface area contributed by atoms with Crippen LogP contribution in [0.25, 0.3) is 0 Å². The van der Waals surface area contributed by atoms with Crippen LogP contribution in [0.3, 0.4) is 0 Å². The van der Waals surface area contributed by atoms with Crippen molar-refractivity contribution in [1.82, 2.24) is 24.6 Å². The molecule has 3 rings (SSSR count). The van der Waals surface area contributed by atoms with Crippen molar-refractivity contribution in [2.45, 2.75) is 38.9 Å². The van der Waals surface area contributed by atoms with Gasteiger partial charge in [-0.2, -0.15) is 5.10 Å². The summed E-state index contributed by atoms with van der Waals surface area (Å²) in [6, 6.07) is 0.501. The van der Waals surface area contributed by atoms with Crippen molar-refractivity contribution in [3.05, 3.63) is 29.5 Å². The van der Waals surface area contributed by atoms with Gasteiger partial charge in [-0.15, -0.1) is 0 Å². The van der Waals surface area contributed by atoms with Crippen LogP contribution in [0.4, 0.5) is 5.82 Å². The van der Waals surface area contributed by atoms with Crippen LogP contribution in [0.1, 0.15) is 23.5 Å². The Morgan fingerprint density at radius 1 is 1.43 bits per heavy atom. The maximum atomic E-state index is 4.54. The molecule has 1 N–H and O–H groups in total. The number of hydrogen-bond donors (Lipinski definition) is 1. The predicted molar refractivity (Wildman–Crippen MR) is 83.4 cm³/mol. The third-order valence-corrected chi connectivity index (χ3v) is 4.24. The van der Waals surface area contributed by atoms with Crippen molar-refractivity contribution in [2.24, 2.45) is 7.05 Å². The molecule has 0 saturated carbocycles. The minimum absolute atomic E-state index is 0.501. The Labute approximate surface area is 125 Å². The molecule has 0 aromatic carbocycles. The molecule has 1 atom stereocenters. The van der Waals surface area contributed by atoms with Crippen molar-refractivity contribution in [2.75, 3.05) is 19.0 Å². The zero-order chi connectivity index (χ0) is 15.0. The van der Waals surface area contributed by atoms with Gasteiger partial charge in [0.05, 0.1) is 5.69 Å². The molecule has 1 aliphatic heterocycles. The molecule has 6 nitrogen and oxygen atoms in total. The Morgan fingerprint density at radius 3 is 3.00 bits per heavy atom. The van der Waals surface area contributed by atoms with Crippen molar-refractivity contribution in [3.63, 3.8) is 0 Å². The number of aryl methyl sites for hydroxylation is 3. The van der Waals surface area contributed by atoms with Crippen LogP contribution in [0.15, 0.2) is 12.4 Å². The fourth-order valence-corrected chi connectivity index (χ4v) is 3.24. The number of aromatic nitrogens is 4. The van der Waals surface area contributed by atoms with Crippen LogP contribution < -0.4 is 10.2 Å². The lowest BCUT2D eigenvalue weighted by molar-refractivity contribution is 0.378. The van der Waals surface area contributed by atoms with E-state index in [0.29, 0.717) is 6.04 Å². The standard InChI is InChI=1S/C15H24N6/c1-11-13(15(19(2)3)20(4)18-11)9-17-12-5-6-14-16-7-8-21(14)10-12/h7-8,12,17H,5-6,9-10H2,1-4H3/t12-/m0/s1. The van der Waals surface area contributed by atoms with Gasteiger partial charge in [0.1, 0.15) is 11.6 Å². The largest absolute Gasteiger partial charge is 0.363 e. The third-order valence-electron chi connectivity index (χ3n) is 4.24. The summed E-state index contributed by atoms with van der Waals surface area (Å²) >= 11 is 0. The summed E-state index contributed by atoms with van der Waals surface area (Å²) < 4.78 is 4.21. The first-order valence-electron chi connectivity index (χ1n) is 7.49.